The molecule has 80 valence electrons. The Bertz CT molecular complexity index is 348. The molecule has 0 amide bonds. The number of hydrogen-bond donors (Lipinski definition) is 1. The van der Waals surface area contributed by atoms with Gasteiger partial charge in [-0.2, -0.15) is 0 Å². The van der Waals surface area contributed by atoms with Crippen LogP contribution in [0.2, 0.25) is 0 Å². The smallest absolute Gasteiger partial charge is 0.0250 e. The number of nitrogens with two attached hydrogens (primary N) is 1. The molecule has 15 heavy (non-hydrogen) atoms. The Morgan fingerprint density at radius 3 is 2.33 bits per heavy atom. The van der Waals surface area contributed by atoms with Crippen molar-refractivity contribution >= 4 is 0 Å². The molecule has 0 aliphatic heterocycles. The Morgan fingerprint density at radius 2 is 1.73 bits per heavy atom. The van der Waals surface area contributed by atoms with E-state index >= 15 is 0 Å². The largest absolute Gasteiger partial charge is 0.330 e. The molecular weight excluding hydrogens is 182 g/mol. The van der Waals surface area contributed by atoms with Crippen molar-refractivity contribution in [3.63, 3.8) is 0 Å². The Kier molecular flexibility index (Phi) is 4.93. The molecule has 2 N–H and O–H groups in total. The van der Waals surface area contributed by atoms with Gasteiger partial charge >= 0.3 is 0 Å². The van der Waals surface area contributed by atoms with Gasteiger partial charge in [0, 0.05) is 12.0 Å². The zero-order chi connectivity index (χ0) is 11.1. The highest BCUT2D eigenvalue weighted by Gasteiger charge is 1.91. The summed E-state index contributed by atoms with van der Waals surface area (Å²) < 4.78 is 0. The van der Waals surface area contributed by atoms with Crippen LogP contribution in [0.4, 0.5) is 0 Å². The number of benzene rings is 1. The van der Waals surface area contributed by atoms with Crippen LogP contribution in [0.5, 0.6) is 0 Å². The molecule has 0 aliphatic rings. The number of rotatable bonds is 3. The molecule has 0 saturated carbocycles. The van der Waals surface area contributed by atoms with Crippen LogP contribution in [0, 0.1) is 25.7 Å². The SMILES string of the molecule is Cc1cc(C)cc(C#CCCCCN)c1. The van der Waals surface area contributed by atoms with Gasteiger partial charge in [0.05, 0.1) is 0 Å². The van der Waals surface area contributed by atoms with E-state index in [0.29, 0.717) is 0 Å². The van der Waals surface area contributed by atoms with E-state index in [-0.39, 0.29) is 0 Å². The lowest BCUT2D eigenvalue weighted by Crippen LogP contribution is -1.96. The van der Waals surface area contributed by atoms with Gasteiger partial charge in [-0.15, -0.1) is 0 Å². The summed E-state index contributed by atoms with van der Waals surface area (Å²) in [5.74, 6) is 6.38. The van der Waals surface area contributed by atoms with Crippen molar-refractivity contribution in [3.05, 3.63) is 34.9 Å². The van der Waals surface area contributed by atoms with Crippen LogP contribution >= 0.6 is 0 Å². The van der Waals surface area contributed by atoms with Gasteiger partial charge in [-0.1, -0.05) is 17.9 Å². The maximum Gasteiger partial charge on any atom is 0.0250 e. The molecule has 1 nitrogen and oxygen atoms in total. The monoisotopic (exact) mass is 201 g/mol. The third kappa shape index (κ3) is 4.67. The van der Waals surface area contributed by atoms with Gasteiger partial charge in [-0.3, -0.25) is 0 Å². The third-order valence-corrected chi connectivity index (χ3v) is 2.21. The molecule has 0 aliphatic carbocycles. The van der Waals surface area contributed by atoms with E-state index < -0.39 is 0 Å². The molecule has 1 aromatic rings. The molecule has 1 heteroatoms. The molecule has 1 rings (SSSR count). The Balaban J connectivity index is 2.55. The Hall–Kier alpha value is -1.26. The van der Waals surface area contributed by atoms with Gasteiger partial charge in [0.15, 0.2) is 0 Å². The molecule has 0 spiro atoms. The van der Waals surface area contributed by atoms with E-state index in [1.807, 2.05) is 0 Å². The first-order valence-electron chi connectivity index (χ1n) is 5.49. The van der Waals surface area contributed by atoms with Crippen LogP contribution in [-0.2, 0) is 0 Å². The molecule has 0 atom stereocenters. The predicted octanol–water partition coefficient (Wildman–Crippen LogP) is 2.78. The molecule has 1 aromatic carbocycles. The highest BCUT2D eigenvalue weighted by atomic mass is 14.5. The standard InChI is InChI=1S/C14H19N/c1-12-9-13(2)11-14(10-12)7-5-3-4-6-8-15/h9-11H,3-4,6,8,15H2,1-2H3. The first kappa shape index (κ1) is 11.8. The molecule has 0 saturated heterocycles. The van der Waals surface area contributed by atoms with Gasteiger partial charge in [-0.25, -0.2) is 0 Å². The quantitative estimate of drug-likeness (QED) is 0.590. The second-order valence-electron chi connectivity index (χ2n) is 3.92. The summed E-state index contributed by atoms with van der Waals surface area (Å²) in [5.41, 5.74) is 9.10. The van der Waals surface area contributed by atoms with Crippen molar-refractivity contribution < 1.29 is 0 Å². The van der Waals surface area contributed by atoms with Crippen molar-refractivity contribution in [2.75, 3.05) is 6.54 Å². The highest BCUT2D eigenvalue weighted by Crippen LogP contribution is 2.07. The predicted molar refractivity (Wildman–Crippen MR) is 65.7 cm³/mol. The first-order valence-corrected chi connectivity index (χ1v) is 5.49. The molecule has 0 heterocycles. The fraction of sp³-hybridized carbons (Fsp3) is 0.429. The van der Waals surface area contributed by atoms with Crippen LogP contribution in [0.15, 0.2) is 18.2 Å². The molecule has 0 aromatic heterocycles. The lowest BCUT2D eigenvalue weighted by Gasteiger charge is -1.97. The lowest BCUT2D eigenvalue weighted by molar-refractivity contribution is 0.768. The maximum absolute atomic E-state index is 5.41. The topological polar surface area (TPSA) is 26.0 Å². The minimum atomic E-state index is 0.769. The summed E-state index contributed by atoms with van der Waals surface area (Å²) in [7, 11) is 0. The fourth-order valence-corrected chi connectivity index (χ4v) is 1.57. The van der Waals surface area contributed by atoms with Crippen LogP contribution in [0.25, 0.3) is 0 Å². The Labute approximate surface area is 92.7 Å². The van der Waals surface area contributed by atoms with Gasteiger partial charge in [0.2, 0.25) is 0 Å². The summed E-state index contributed by atoms with van der Waals surface area (Å²) in [6, 6.07) is 6.42. The second-order valence-corrected chi connectivity index (χ2v) is 3.92. The van der Waals surface area contributed by atoms with E-state index in [9.17, 15) is 0 Å². The molecule has 0 fully saturated rings. The zero-order valence-corrected chi connectivity index (χ0v) is 9.64. The summed E-state index contributed by atoms with van der Waals surface area (Å²) >= 11 is 0. The minimum Gasteiger partial charge on any atom is -0.330 e. The van der Waals surface area contributed by atoms with Crippen molar-refractivity contribution in [3.8, 4) is 11.8 Å². The maximum atomic E-state index is 5.41. The fourth-order valence-electron chi connectivity index (χ4n) is 1.57. The Morgan fingerprint density at radius 1 is 1.07 bits per heavy atom. The number of aryl methyl sites for hydroxylation is 2. The summed E-state index contributed by atoms with van der Waals surface area (Å²) in [5, 5.41) is 0. The molecular formula is C14H19N. The zero-order valence-electron chi connectivity index (χ0n) is 9.64. The molecule has 0 unspecified atom stereocenters. The summed E-state index contributed by atoms with van der Waals surface area (Å²) in [4.78, 5) is 0. The average Bonchev–Trinajstić information content (AvgIpc) is 2.16. The van der Waals surface area contributed by atoms with Crippen LogP contribution in [0.1, 0.15) is 36.0 Å². The van der Waals surface area contributed by atoms with E-state index in [0.717, 1.165) is 31.4 Å². The average molecular weight is 201 g/mol. The van der Waals surface area contributed by atoms with Gasteiger partial charge in [0.1, 0.15) is 0 Å². The van der Waals surface area contributed by atoms with E-state index in [1.54, 1.807) is 0 Å². The van der Waals surface area contributed by atoms with E-state index in [1.165, 1.54) is 11.1 Å². The van der Waals surface area contributed by atoms with Crippen molar-refractivity contribution in [1.29, 1.82) is 0 Å². The van der Waals surface area contributed by atoms with Crippen molar-refractivity contribution in [2.45, 2.75) is 33.1 Å². The number of hydrogen-bond acceptors (Lipinski definition) is 1. The van der Waals surface area contributed by atoms with Gasteiger partial charge < -0.3 is 5.73 Å². The van der Waals surface area contributed by atoms with Gasteiger partial charge in [-0.05, 0) is 56.5 Å². The molecule has 0 radical (unpaired) electrons. The highest BCUT2D eigenvalue weighted by molar-refractivity contribution is 5.39. The first-order chi connectivity index (χ1) is 7.22. The van der Waals surface area contributed by atoms with Crippen LogP contribution in [0.3, 0.4) is 0 Å². The molecule has 0 bridgehead atoms. The van der Waals surface area contributed by atoms with Crippen LogP contribution < -0.4 is 5.73 Å². The van der Waals surface area contributed by atoms with Crippen LogP contribution in [-0.4, -0.2) is 6.54 Å². The summed E-state index contributed by atoms with van der Waals surface area (Å²) in [6.07, 6.45) is 3.13. The van der Waals surface area contributed by atoms with E-state index in [4.69, 9.17) is 5.73 Å². The summed E-state index contributed by atoms with van der Waals surface area (Å²) in [6.45, 7) is 4.98. The normalized spacial score (nSPS) is 9.53. The minimum absolute atomic E-state index is 0.769. The second kappa shape index (κ2) is 6.27. The number of unbranched alkanes of at least 4 members (excludes halogenated alkanes) is 2. The third-order valence-electron chi connectivity index (χ3n) is 2.21. The van der Waals surface area contributed by atoms with Gasteiger partial charge in [0.25, 0.3) is 0 Å². The van der Waals surface area contributed by atoms with Crippen molar-refractivity contribution in [1.82, 2.24) is 0 Å². The lowest BCUT2D eigenvalue weighted by atomic mass is 10.1. The van der Waals surface area contributed by atoms with Crippen molar-refractivity contribution in [2.24, 2.45) is 5.73 Å². The van der Waals surface area contributed by atoms with E-state index in [2.05, 4.69) is 43.9 Å².